The fourth-order valence-electron chi connectivity index (χ4n) is 5.25. The first-order chi connectivity index (χ1) is 16.9. The maximum Gasteiger partial charge on any atom is 0.257 e. The minimum atomic E-state index is -3.49. The molecule has 2 aliphatic heterocycles. The molecular formula is C28H36N2O5S. The van der Waals surface area contributed by atoms with E-state index in [9.17, 15) is 18.3 Å². The number of sulfone groups is 1. The van der Waals surface area contributed by atoms with Gasteiger partial charge in [-0.15, -0.1) is 0 Å². The predicted octanol–water partition coefficient (Wildman–Crippen LogP) is 4.36. The number of nitrogens with zero attached hydrogens (tertiary/aromatic N) is 1. The van der Waals surface area contributed by atoms with Crippen molar-refractivity contribution in [3.05, 3.63) is 53.6 Å². The van der Waals surface area contributed by atoms with Crippen molar-refractivity contribution in [2.45, 2.75) is 57.0 Å². The van der Waals surface area contributed by atoms with Crippen molar-refractivity contribution >= 4 is 27.1 Å². The van der Waals surface area contributed by atoms with Crippen LogP contribution < -0.4 is 10.2 Å². The Balaban J connectivity index is 1.41. The lowest BCUT2D eigenvalue weighted by atomic mass is 9.89. The maximum absolute atomic E-state index is 13.5. The van der Waals surface area contributed by atoms with Crippen molar-refractivity contribution in [3.63, 3.8) is 0 Å². The van der Waals surface area contributed by atoms with Gasteiger partial charge in [-0.1, -0.05) is 32.9 Å². The summed E-state index contributed by atoms with van der Waals surface area (Å²) in [5.41, 5.74) is 1.60. The molecule has 0 unspecified atom stereocenters. The van der Waals surface area contributed by atoms with Gasteiger partial charge in [0, 0.05) is 24.5 Å². The van der Waals surface area contributed by atoms with Crippen LogP contribution in [0.1, 0.15) is 62.4 Å². The van der Waals surface area contributed by atoms with Gasteiger partial charge in [-0.05, 0) is 72.4 Å². The number of hydrogen-bond acceptors (Lipinski definition) is 6. The van der Waals surface area contributed by atoms with Crippen molar-refractivity contribution in [2.24, 2.45) is 10.8 Å². The fraction of sp³-hybridized carbons (Fsp3) is 0.536. The van der Waals surface area contributed by atoms with Gasteiger partial charge in [0.25, 0.3) is 5.91 Å². The second kappa shape index (κ2) is 8.85. The molecule has 2 aromatic carbocycles. The van der Waals surface area contributed by atoms with Gasteiger partial charge in [-0.2, -0.15) is 0 Å². The lowest BCUT2D eigenvalue weighted by molar-refractivity contribution is -0.184. The van der Waals surface area contributed by atoms with Crippen molar-refractivity contribution in [2.75, 3.05) is 42.3 Å². The largest absolute Gasteiger partial charge is 0.380 e. The second-order valence-electron chi connectivity index (χ2n) is 12.0. The number of carbonyl (C=O) groups excluding carboxylic acids is 1. The van der Waals surface area contributed by atoms with E-state index in [4.69, 9.17) is 4.74 Å². The number of piperidine rings is 1. The summed E-state index contributed by atoms with van der Waals surface area (Å²) in [5.74, 6) is -0.281. The van der Waals surface area contributed by atoms with E-state index in [2.05, 4.69) is 10.2 Å². The van der Waals surface area contributed by atoms with E-state index in [0.29, 0.717) is 16.7 Å². The molecule has 0 atom stereocenters. The molecule has 7 nitrogen and oxygen atoms in total. The molecule has 194 valence electrons. The first-order valence-electron chi connectivity index (χ1n) is 12.7. The summed E-state index contributed by atoms with van der Waals surface area (Å²) in [4.78, 5) is 15.9. The van der Waals surface area contributed by atoms with Gasteiger partial charge in [-0.25, -0.2) is 8.42 Å². The minimum Gasteiger partial charge on any atom is -0.380 e. The number of rotatable bonds is 6. The highest BCUT2D eigenvalue weighted by Crippen LogP contribution is 2.54. The molecule has 2 saturated heterocycles. The van der Waals surface area contributed by atoms with E-state index in [1.54, 1.807) is 30.3 Å². The summed E-state index contributed by atoms with van der Waals surface area (Å²) in [7, 11) is -3.49. The second-order valence-corrected chi connectivity index (χ2v) is 14.0. The van der Waals surface area contributed by atoms with E-state index in [1.165, 1.54) is 18.9 Å². The number of carbonyl (C=O) groups is 1. The maximum atomic E-state index is 13.5. The van der Waals surface area contributed by atoms with Crippen LogP contribution >= 0.6 is 0 Å². The number of ether oxygens (including phenoxy) is 1. The molecule has 8 heteroatoms. The Labute approximate surface area is 213 Å². The molecule has 3 fully saturated rings. The quantitative estimate of drug-likeness (QED) is 0.597. The van der Waals surface area contributed by atoms with Crippen LogP contribution in [0.5, 0.6) is 0 Å². The Kier molecular flexibility index (Phi) is 6.21. The molecule has 3 aliphatic rings. The van der Waals surface area contributed by atoms with E-state index >= 15 is 0 Å². The van der Waals surface area contributed by atoms with Crippen LogP contribution in [0.3, 0.4) is 0 Å². The number of amides is 1. The first-order valence-corrected chi connectivity index (χ1v) is 14.4. The van der Waals surface area contributed by atoms with Crippen LogP contribution in [0.4, 0.5) is 11.4 Å². The van der Waals surface area contributed by atoms with Crippen LogP contribution in [-0.2, 0) is 20.2 Å². The van der Waals surface area contributed by atoms with Gasteiger partial charge in [-0.3, -0.25) is 4.79 Å². The van der Waals surface area contributed by atoms with Crippen molar-refractivity contribution in [1.82, 2.24) is 0 Å². The molecule has 36 heavy (non-hydrogen) atoms. The van der Waals surface area contributed by atoms with E-state index in [-0.39, 0.29) is 35.2 Å². The molecule has 0 radical (unpaired) electrons. The molecule has 0 bridgehead atoms. The minimum absolute atomic E-state index is 0.0199. The van der Waals surface area contributed by atoms with Crippen molar-refractivity contribution in [3.8, 4) is 0 Å². The average molecular weight is 513 g/mol. The highest BCUT2D eigenvalue weighted by Gasteiger charge is 2.45. The van der Waals surface area contributed by atoms with Gasteiger partial charge in [0.05, 0.1) is 29.4 Å². The summed E-state index contributed by atoms with van der Waals surface area (Å²) in [6.07, 6.45) is 4.80. The number of hydrogen-bond donors (Lipinski definition) is 2. The number of aliphatic hydroxyl groups is 1. The Hall–Kier alpha value is -2.42. The topological polar surface area (TPSA) is 95.9 Å². The normalized spacial score (nSPS) is 20.6. The molecule has 1 spiro atoms. The standard InChI is InChI=1S/C28H36N2O5S/c1-26(2,3)19-36(33,34)22-6-4-5-21(16-22)29-25(31)23-8-7-20(28(32)17-35-18-28)15-24(23)30-13-11-27(9-10-27)12-14-30/h4-8,15-16,32H,9-14,17-19H2,1-3H3,(H,29,31). The lowest BCUT2D eigenvalue weighted by Gasteiger charge is -2.39. The molecule has 1 saturated carbocycles. The van der Waals surface area contributed by atoms with E-state index < -0.39 is 15.4 Å². The third-order valence-electron chi connectivity index (χ3n) is 7.66. The highest BCUT2D eigenvalue weighted by atomic mass is 32.2. The average Bonchev–Trinajstić information content (AvgIpc) is 3.55. The first kappa shape index (κ1) is 25.2. The molecule has 1 aliphatic carbocycles. The lowest BCUT2D eigenvalue weighted by Crippen LogP contribution is -2.46. The Morgan fingerprint density at radius 1 is 1.06 bits per heavy atom. The van der Waals surface area contributed by atoms with Gasteiger partial charge < -0.3 is 20.1 Å². The highest BCUT2D eigenvalue weighted by molar-refractivity contribution is 7.91. The monoisotopic (exact) mass is 512 g/mol. The summed E-state index contributed by atoms with van der Waals surface area (Å²) < 4.78 is 31.0. The zero-order valence-corrected chi connectivity index (χ0v) is 22.2. The van der Waals surface area contributed by atoms with Crippen LogP contribution in [0.25, 0.3) is 0 Å². The van der Waals surface area contributed by atoms with Gasteiger partial charge in [0.1, 0.15) is 5.60 Å². The summed E-state index contributed by atoms with van der Waals surface area (Å²) >= 11 is 0. The summed E-state index contributed by atoms with van der Waals surface area (Å²) in [5, 5.41) is 13.8. The molecule has 2 N–H and O–H groups in total. The van der Waals surface area contributed by atoms with Gasteiger partial charge >= 0.3 is 0 Å². The molecule has 2 heterocycles. The number of anilines is 2. The summed E-state index contributed by atoms with van der Waals surface area (Å²) in [6, 6.07) is 11.9. The third kappa shape index (κ3) is 5.17. The van der Waals surface area contributed by atoms with E-state index in [0.717, 1.165) is 37.2 Å². The molecule has 1 amide bonds. The van der Waals surface area contributed by atoms with Crippen LogP contribution in [0, 0.1) is 10.8 Å². The van der Waals surface area contributed by atoms with Crippen LogP contribution in [0.15, 0.2) is 47.4 Å². The molecule has 2 aromatic rings. The third-order valence-corrected chi connectivity index (χ3v) is 9.88. The zero-order chi connectivity index (χ0) is 25.8. The summed E-state index contributed by atoms with van der Waals surface area (Å²) in [6.45, 7) is 7.91. The van der Waals surface area contributed by atoms with Crippen LogP contribution in [-0.4, -0.2) is 51.5 Å². The number of nitrogens with one attached hydrogen (secondary N) is 1. The van der Waals surface area contributed by atoms with E-state index in [1.807, 2.05) is 26.8 Å². The smallest absolute Gasteiger partial charge is 0.257 e. The molecular weight excluding hydrogens is 476 g/mol. The van der Waals surface area contributed by atoms with Crippen molar-refractivity contribution < 1.29 is 23.1 Å². The fourth-order valence-corrected chi connectivity index (χ4v) is 7.15. The van der Waals surface area contributed by atoms with Crippen molar-refractivity contribution in [1.29, 1.82) is 0 Å². The zero-order valence-electron chi connectivity index (χ0n) is 21.3. The predicted molar refractivity (Wildman–Crippen MR) is 140 cm³/mol. The Morgan fingerprint density at radius 2 is 1.75 bits per heavy atom. The molecule has 0 aromatic heterocycles. The van der Waals surface area contributed by atoms with Gasteiger partial charge in [0.2, 0.25) is 0 Å². The molecule has 5 rings (SSSR count). The van der Waals surface area contributed by atoms with Crippen LogP contribution in [0.2, 0.25) is 0 Å². The Bertz CT molecular complexity index is 1260. The SMILES string of the molecule is CC(C)(C)CS(=O)(=O)c1cccc(NC(=O)c2ccc(C3(O)COC3)cc2N2CCC3(CC2)CC3)c1. The number of benzene rings is 2. The van der Waals surface area contributed by atoms with Gasteiger partial charge in [0.15, 0.2) is 9.84 Å². The Morgan fingerprint density at radius 3 is 2.33 bits per heavy atom.